The molecular weight excluding hydrogens is 440 g/mol. The number of aromatic nitrogens is 4. The van der Waals surface area contributed by atoms with Crippen molar-refractivity contribution in [3.8, 4) is 34.2 Å². The molecule has 2 aromatic heterocycles. The molecule has 0 aliphatic heterocycles. The molecule has 36 heavy (non-hydrogen) atoms. The molecule has 0 bridgehead atoms. The van der Waals surface area contributed by atoms with E-state index in [2.05, 4.69) is 116 Å². The van der Waals surface area contributed by atoms with Gasteiger partial charge in [0.25, 0.3) is 0 Å². The second-order valence-electron chi connectivity index (χ2n) is 8.80. The number of fused-ring (bicyclic) bond motifs is 3. The van der Waals surface area contributed by atoms with Crippen LogP contribution in [0.3, 0.4) is 0 Å². The largest absolute Gasteiger partial charge is 0.309 e. The highest BCUT2D eigenvalue weighted by molar-refractivity contribution is 6.09. The molecule has 5 aromatic carbocycles. The van der Waals surface area contributed by atoms with E-state index in [1.807, 2.05) is 36.4 Å². The highest BCUT2D eigenvalue weighted by Gasteiger charge is 2.18. The molecule has 4 heteroatoms. The molecule has 4 nitrogen and oxygen atoms in total. The van der Waals surface area contributed by atoms with Gasteiger partial charge in [-0.25, -0.2) is 0 Å². The van der Waals surface area contributed by atoms with Gasteiger partial charge in [-0.1, -0.05) is 97.1 Å². The maximum Gasteiger partial charge on any atom is 0.168 e. The molecule has 0 aliphatic rings. The van der Waals surface area contributed by atoms with Gasteiger partial charge in [0.15, 0.2) is 11.6 Å². The Hall–Kier alpha value is -4.96. The molecule has 2 heterocycles. The van der Waals surface area contributed by atoms with Crippen molar-refractivity contribution in [1.82, 2.24) is 19.3 Å². The lowest BCUT2D eigenvalue weighted by atomic mass is 10.1. The first-order valence-corrected chi connectivity index (χ1v) is 12.0. The van der Waals surface area contributed by atoms with Crippen molar-refractivity contribution in [2.24, 2.45) is 0 Å². The molecule has 7 rings (SSSR count). The van der Waals surface area contributed by atoms with Crippen molar-refractivity contribution >= 4 is 21.8 Å². The van der Waals surface area contributed by atoms with Gasteiger partial charge in [-0.2, -0.15) is 0 Å². The number of hydrogen-bond acceptors (Lipinski definition) is 2. The van der Waals surface area contributed by atoms with Crippen molar-refractivity contribution < 1.29 is 0 Å². The van der Waals surface area contributed by atoms with Crippen LogP contribution in [-0.4, -0.2) is 19.3 Å². The van der Waals surface area contributed by atoms with E-state index in [1.165, 1.54) is 21.8 Å². The average molecular weight is 463 g/mol. The lowest BCUT2D eigenvalue weighted by Gasteiger charge is -2.13. The van der Waals surface area contributed by atoms with Crippen molar-refractivity contribution in [3.05, 3.63) is 133 Å². The Balaban J connectivity index is 1.46. The monoisotopic (exact) mass is 462 g/mol. The van der Waals surface area contributed by atoms with Gasteiger partial charge in [-0.3, -0.25) is 4.57 Å². The predicted octanol–water partition coefficient (Wildman–Crippen LogP) is 7.70. The van der Waals surface area contributed by atoms with Crippen molar-refractivity contribution in [2.45, 2.75) is 0 Å². The van der Waals surface area contributed by atoms with Crippen LogP contribution in [0.2, 0.25) is 0 Å². The highest BCUT2D eigenvalue weighted by Crippen LogP contribution is 2.34. The van der Waals surface area contributed by atoms with Crippen molar-refractivity contribution in [2.75, 3.05) is 0 Å². The van der Waals surface area contributed by atoms with Crippen LogP contribution < -0.4 is 0 Å². The summed E-state index contributed by atoms with van der Waals surface area (Å²) in [6, 6.07) is 46.2. The van der Waals surface area contributed by atoms with E-state index in [0.717, 1.165) is 34.2 Å². The summed E-state index contributed by atoms with van der Waals surface area (Å²) in [4.78, 5) is 0. The first-order chi connectivity index (χ1) is 17.9. The molecule has 0 aliphatic carbocycles. The molecule has 0 radical (unpaired) electrons. The summed E-state index contributed by atoms with van der Waals surface area (Å²) in [5, 5.41) is 11.8. The Morgan fingerprint density at radius 2 is 0.889 bits per heavy atom. The lowest BCUT2D eigenvalue weighted by Crippen LogP contribution is -2.01. The van der Waals surface area contributed by atoms with Gasteiger partial charge in [0, 0.05) is 33.3 Å². The smallest absolute Gasteiger partial charge is 0.168 e. The van der Waals surface area contributed by atoms with Gasteiger partial charge < -0.3 is 4.57 Å². The molecular formula is C32H22N4. The minimum Gasteiger partial charge on any atom is -0.309 e. The second kappa shape index (κ2) is 8.36. The molecule has 0 saturated carbocycles. The van der Waals surface area contributed by atoms with Crippen LogP contribution in [-0.2, 0) is 0 Å². The maximum atomic E-state index is 4.69. The van der Waals surface area contributed by atoms with Crippen molar-refractivity contribution in [3.63, 3.8) is 0 Å². The van der Waals surface area contributed by atoms with E-state index in [-0.39, 0.29) is 0 Å². The van der Waals surface area contributed by atoms with E-state index in [1.54, 1.807) is 0 Å². The number of rotatable bonds is 4. The first-order valence-electron chi connectivity index (χ1n) is 12.0. The van der Waals surface area contributed by atoms with Crippen molar-refractivity contribution in [1.29, 1.82) is 0 Å². The maximum absolute atomic E-state index is 4.69. The van der Waals surface area contributed by atoms with Gasteiger partial charge in [0.05, 0.1) is 11.0 Å². The Morgan fingerprint density at radius 1 is 0.389 bits per heavy atom. The average Bonchev–Trinajstić information content (AvgIpc) is 3.54. The fourth-order valence-corrected chi connectivity index (χ4v) is 5.05. The molecule has 0 saturated heterocycles. The van der Waals surface area contributed by atoms with Gasteiger partial charge in [-0.15, -0.1) is 10.2 Å². The number of benzene rings is 5. The molecule has 0 amide bonds. The number of para-hydroxylation sites is 3. The quantitative estimate of drug-likeness (QED) is 0.269. The van der Waals surface area contributed by atoms with Gasteiger partial charge in [0.2, 0.25) is 0 Å². The molecule has 0 fully saturated rings. The van der Waals surface area contributed by atoms with Crippen LogP contribution in [0.4, 0.5) is 0 Å². The standard InChI is InChI=1S/C32H22N4/c1-3-12-23(13-4-1)31-33-34-32(36(31)25-15-5-2-6-16-25)24-14-11-17-26(22-24)35-29-20-9-7-18-27(29)28-19-8-10-21-30(28)35/h1-22H. The summed E-state index contributed by atoms with van der Waals surface area (Å²) < 4.78 is 4.47. The zero-order chi connectivity index (χ0) is 23.9. The molecule has 170 valence electrons. The summed E-state index contributed by atoms with van der Waals surface area (Å²) in [6.07, 6.45) is 0. The van der Waals surface area contributed by atoms with Crippen LogP contribution >= 0.6 is 0 Å². The SMILES string of the molecule is c1ccc(-c2nnc(-c3cccc(-n4c5ccccc5c5ccccc54)c3)n2-c2ccccc2)cc1. The van der Waals surface area contributed by atoms with Crippen LogP contribution in [0.1, 0.15) is 0 Å². The van der Waals surface area contributed by atoms with Crippen LogP contribution in [0.15, 0.2) is 133 Å². The molecule has 0 N–H and O–H groups in total. The third-order valence-corrected chi connectivity index (χ3v) is 6.65. The topological polar surface area (TPSA) is 35.6 Å². The number of nitrogens with zero attached hydrogens (tertiary/aromatic N) is 4. The third kappa shape index (κ3) is 3.23. The Morgan fingerprint density at radius 3 is 1.56 bits per heavy atom. The van der Waals surface area contributed by atoms with Crippen LogP contribution in [0.25, 0.3) is 56.0 Å². The zero-order valence-electron chi connectivity index (χ0n) is 19.5. The first kappa shape index (κ1) is 20.4. The summed E-state index contributed by atoms with van der Waals surface area (Å²) in [5.74, 6) is 1.63. The van der Waals surface area contributed by atoms with Gasteiger partial charge in [-0.05, 0) is 36.4 Å². The second-order valence-corrected chi connectivity index (χ2v) is 8.80. The fourth-order valence-electron chi connectivity index (χ4n) is 5.05. The Bertz CT molecular complexity index is 1780. The van der Waals surface area contributed by atoms with Crippen LogP contribution in [0.5, 0.6) is 0 Å². The summed E-state index contributed by atoms with van der Waals surface area (Å²) in [7, 11) is 0. The van der Waals surface area contributed by atoms with E-state index in [0.29, 0.717) is 0 Å². The minimum atomic E-state index is 0.808. The van der Waals surface area contributed by atoms with E-state index >= 15 is 0 Å². The Labute approximate surface area is 208 Å². The van der Waals surface area contributed by atoms with E-state index in [9.17, 15) is 0 Å². The number of hydrogen-bond donors (Lipinski definition) is 0. The summed E-state index contributed by atoms with van der Waals surface area (Å²) in [5.41, 5.74) is 6.52. The lowest BCUT2D eigenvalue weighted by molar-refractivity contribution is 1.07. The highest BCUT2D eigenvalue weighted by atomic mass is 15.3. The summed E-state index contributed by atoms with van der Waals surface area (Å²) >= 11 is 0. The van der Waals surface area contributed by atoms with Crippen LogP contribution in [0, 0.1) is 0 Å². The van der Waals surface area contributed by atoms with E-state index in [4.69, 9.17) is 0 Å². The van der Waals surface area contributed by atoms with Gasteiger partial charge in [0.1, 0.15) is 0 Å². The normalized spacial score (nSPS) is 11.3. The minimum absolute atomic E-state index is 0.808. The summed E-state index contributed by atoms with van der Waals surface area (Å²) in [6.45, 7) is 0. The third-order valence-electron chi connectivity index (χ3n) is 6.65. The van der Waals surface area contributed by atoms with E-state index < -0.39 is 0 Å². The predicted molar refractivity (Wildman–Crippen MR) is 147 cm³/mol. The fraction of sp³-hybridized carbons (Fsp3) is 0. The van der Waals surface area contributed by atoms with Gasteiger partial charge >= 0.3 is 0 Å². The molecule has 0 atom stereocenters. The Kier molecular flexibility index (Phi) is 4.74. The molecule has 0 unspecified atom stereocenters. The molecule has 7 aromatic rings. The zero-order valence-corrected chi connectivity index (χ0v) is 19.5. The molecule has 0 spiro atoms.